The van der Waals surface area contributed by atoms with Gasteiger partial charge in [0.2, 0.25) is 9.84 Å². The molecule has 0 spiro atoms. The van der Waals surface area contributed by atoms with Crippen molar-refractivity contribution in [3.05, 3.63) is 59.7 Å². The van der Waals surface area contributed by atoms with Crippen LogP contribution in [0.3, 0.4) is 0 Å². The van der Waals surface area contributed by atoms with E-state index in [0.717, 1.165) is 24.3 Å². The fourth-order valence-electron chi connectivity index (χ4n) is 4.33. The molecule has 7 nitrogen and oxygen atoms in total. The van der Waals surface area contributed by atoms with E-state index in [2.05, 4.69) is 27.7 Å². The number of rotatable bonds is 16. The molecule has 0 radical (unpaired) electrons. The summed E-state index contributed by atoms with van der Waals surface area (Å²) in [6.07, 6.45) is 11.1. The quantitative estimate of drug-likeness (QED) is 0.274. The molecule has 1 N–H and O–H groups in total. The van der Waals surface area contributed by atoms with Crippen molar-refractivity contribution in [1.82, 2.24) is 0 Å². The molecular formula is C30H45NO6S. The second-order valence-corrected chi connectivity index (χ2v) is 11.7. The predicted octanol–water partition coefficient (Wildman–Crippen LogP) is 5.58. The molecule has 8 heteroatoms. The molecule has 0 atom stereocenters. The minimum absolute atomic E-state index is 0.0266. The number of carbonyl (C=O) groups is 2. The molecule has 0 saturated heterocycles. The highest BCUT2D eigenvalue weighted by Gasteiger charge is 2.24. The third-order valence-electron chi connectivity index (χ3n) is 6.76. The van der Waals surface area contributed by atoms with E-state index >= 15 is 0 Å². The Morgan fingerprint density at radius 3 is 1.24 bits per heavy atom. The number of hydrogen-bond acceptors (Lipinski definition) is 5. The van der Waals surface area contributed by atoms with E-state index in [9.17, 15) is 23.1 Å². The summed E-state index contributed by atoms with van der Waals surface area (Å²) in [6, 6.07) is 9.32. The molecule has 2 rings (SSSR count). The first-order valence-corrected chi connectivity index (χ1v) is 15.3. The van der Waals surface area contributed by atoms with E-state index in [-0.39, 0.29) is 20.9 Å². The van der Waals surface area contributed by atoms with Crippen molar-refractivity contribution in [3.8, 4) is 0 Å². The average Bonchev–Trinajstić information content (AvgIpc) is 2.92. The molecule has 0 aliphatic carbocycles. The Labute approximate surface area is 229 Å². The molecule has 0 aliphatic heterocycles. The minimum atomic E-state index is -3.83. The van der Waals surface area contributed by atoms with Crippen LogP contribution in [0.1, 0.15) is 99.8 Å². The standard InChI is InChI=1S/C16H36N.C14H10O6S/c1-5-9-13-17(14-10-6-2,15-11-7-3)16-12-8-4;15-13(16)9-1-5-11(6-2-9)21(19,20)12-7-3-10(4-8-12)14(17)18/h5-16H2,1-4H3;1-8H,(H,15,16)(H,17,18)/q+1;/p-1. The molecule has 0 aliphatic rings. The number of unbranched alkanes of at least 4 members (excludes halogenated alkanes) is 4. The summed E-state index contributed by atoms with van der Waals surface area (Å²) in [5, 5.41) is 19.4. The Balaban J connectivity index is 0.000000391. The maximum atomic E-state index is 12.3. The van der Waals surface area contributed by atoms with Gasteiger partial charge in [0.1, 0.15) is 0 Å². The predicted molar refractivity (Wildman–Crippen MR) is 149 cm³/mol. The van der Waals surface area contributed by atoms with Gasteiger partial charge in [0.05, 0.1) is 47.5 Å². The van der Waals surface area contributed by atoms with Gasteiger partial charge in [0, 0.05) is 0 Å². The second kappa shape index (κ2) is 17.0. The summed E-state index contributed by atoms with van der Waals surface area (Å²) in [6.45, 7) is 15.0. The number of sulfone groups is 1. The Bertz CT molecular complexity index is 978. The van der Waals surface area contributed by atoms with Gasteiger partial charge >= 0.3 is 5.97 Å². The van der Waals surface area contributed by atoms with Crippen molar-refractivity contribution < 1.29 is 32.7 Å². The van der Waals surface area contributed by atoms with Crippen molar-refractivity contribution in [2.24, 2.45) is 0 Å². The lowest BCUT2D eigenvalue weighted by molar-refractivity contribution is -0.929. The van der Waals surface area contributed by atoms with E-state index in [1.165, 1.54) is 106 Å². The zero-order chi connectivity index (χ0) is 28.6. The summed E-state index contributed by atoms with van der Waals surface area (Å²) in [7, 11) is -3.83. The summed E-state index contributed by atoms with van der Waals surface area (Å²) in [5.41, 5.74) is -0.156. The zero-order valence-electron chi connectivity index (χ0n) is 23.4. The molecule has 0 bridgehead atoms. The summed E-state index contributed by atoms with van der Waals surface area (Å²) in [5.74, 6) is -2.55. The lowest BCUT2D eigenvalue weighted by atomic mass is 10.1. The Morgan fingerprint density at radius 2 is 0.974 bits per heavy atom. The Kier molecular flexibility index (Phi) is 14.9. The molecule has 2 aromatic carbocycles. The van der Waals surface area contributed by atoms with Gasteiger partial charge in [0.25, 0.3) is 0 Å². The minimum Gasteiger partial charge on any atom is -0.545 e. The summed E-state index contributed by atoms with van der Waals surface area (Å²) >= 11 is 0. The highest BCUT2D eigenvalue weighted by Crippen LogP contribution is 2.21. The van der Waals surface area contributed by atoms with Crippen LogP contribution < -0.4 is 5.11 Å². The van der Waals surface area contributed by atoms with Crippen LogP contribution in [-0.2, 0) is 9.84 Å². The Hall–Kier alpha value is -2.71. The third-order valence-corrected chi connectivity index (χ3v) is 8.54. The number of carbonyl (C=O) groups excluding carboxylic acids is 1. The van der Waals surface area contributed by atoms with E-state index in [0.29, 0.717) is 0 Å². The number of aromatic carboxylic acids is 2. The highest BCUT2D eigenvalue weighted by molar-refractivity contribution is 7.91. The fourth-order valence-corrected chi connectivity index (χ4v) is 5.59. The van der Waals surface area contributed by atoms with Crippen molar-refractivity contribution in [3.63, 3.8) is 0 Å². The van der Waals surface area contributed by atoms with Crippen molar-refractivity contribution in [1.29, 1.82) is 0 Å². The molecule has 0 saturated carbocycles. The number of hydrogen-bond donors (Lipinski definition) is 1. The number of carboxylic acids is 2. The molecule has 2 aromatic rings. The van der Waals surface area contributed by atoms with Gasteiger partial charge in [-0.3, -0.25) is 0 Å². The van der Waals surface area contributed by atoms with Crippen LogP contribution in [0.15, 0.2) is 58.3 Å². The first-order valence-electron chi connectivity index (χ1n) is 13.8. The second-order valence-electron chi connectivity index (χ2n) is 9.80. The molecular weight excluding hydrogens is 502 g/mol. The molecule has 0 fully saturated rings. The number of quaternary nitrogens is 1. The van der Waals surface area contributed by atoms with E-state index in [1.807, 2.05) is 0 Å². The van der Waals surface area contributed by atoms with Crippen LogP contribution in [0, 0.1) is 0 Å². The van der Waals surface area contributed by atoms with Crippen LogP contribution in [0.5, 0.6) is 0 Å². The summed E-state index contributed by atoms with van der Waals surface area (Å²) in [4.78, 5) is 21.2. The van der Waals surface area contributed by atoms with Crippen LogP contribution >= 0.6 is 0 Å². The van der Waals surface area contributed by atoms with Crippen LogP contribution in [-0.4, -0.2) is 56.1 Å². The van der Waals surface area contributed by atoms with Gasteiger partial charge in [-0.25, -0.2) is 13.2 Å². The molecule has 212 valence electrons. The van der Waals surface area contributed by atoms with Gasteiger partial charge < -0.3 is 19.5 Å². The van der Waals surface area contributed by atoms with E-state index < -0.39 is 21.8 Å². The van der Waals surface area contributed by atoms with E-state index in [4.69, 9.17) is 5.11 Å². The average molecular weight is 548 g/mol. The van der Waals surface area contributed by atoms with Crippen molar-refractivity contribution in [2.75, 3.05) is 26.2 Å². The van der Waals surface area contributed by atoms with Crippen molar-refractivity contribution in [2.45, 2.75) is 88.9 Å². The first-order chi connectivity index (χ1) is 18.1. The van der Waals surface area contributed by atoms with E-state index in [1.54, 1.807) is 0 Å². The molecule has 0 heterocycles. The third kappa shape index (κ3) is 10.6. The maximum absolute atomic E-state index is 12.3. The molecule has 0 unspecified atom stereocenters. The zero-order valence-corrected chi connectivity index (χ0v) is 24.3. The van der Waals surface area contributed by atoms with Crippen LogP contribution in [0.4, 0.5) is 0 Å². The SMILES string of the molecule is CCCC[N+](CCCC)(CCCC)CCCC.O=C([O-])c1ccc(S(=O)(=O)c2ccc(C(=O)O)cc2)cc1. The topological polar surface area (TPSA) is 112 Å². The van der Waals surface area contributed by atoms with Gasteiger partial charge in [0.15, 0.2) is 0 Å². The Morgan fingerprint density at radius 1 is 0.658 bits per heavy atom. The van der Waals surface area contributed by atoms with Gasteiger partial charge in [-0.05, 0) is 67.6 Å². The smallest absolute Gasteiger partial charge is 0.335 e. The molecule has 0 aromatic heterocycles. The van der Waals surface area contributed by atoms with Gasteiger partial charge in [-0.2, -0.15) is 0 Å². The lowest BCUT2D eigenvalue weighted by Crippen LogP contribution is -2.50. The first kappa shape index (κ1) is 33.3. The molecule has 0 amide bonds. The monoisotopic (exact) mass is 547 g/mol. The van der Waals surface area contributed by atoms with Crippen LogP contribution in [0.2, 0.25) is 0 Å². The number of nitrogens with zero attached hydrogens (tertiary/aromatic N) is 1. The highest BCUT2D eigenvalue weighted by atomic mass is 32.2. The normalized spacial score (nSPS) is 11.5. The van der Waals surface area contributed by atoms with Crippen LogP contribution in [0.25, 0.3) is 0 Å². The lowest BCUT2D eigenvalue weighted by Gasteiger charge is -2.39. The number of carboxylic acid groups (broad SMARTS) is 2. The maximum Gasteiger partial charge on any atom is 0.335 e. The number of benzene rings is 2. The summed E-state index contributed by atoms with van der Waals surface area (Å²) < 4.78 is 26.0. The largest absolute Gasteiger partial charge is 0.545 e. The van der Waals surface area contributed by atoms with Gasteiger partial charge in [-0.15, -0.1) is 0 Å². The molecule has 38 heavy (non-hydrogen) atoms. The van der Waals surface area contributed by atoms with Gasteiger partial charge in [-0.1, -0.05) is 65.5 Å². The fraction of sp³-hybridized carbons (Fsp3) is 0.533. The van der Waals surface area contributed by atoms with Crippen molar-refractivity contribution >= 4 is 21.8 Å².